The fraction of sp³-hybridized carbons (Fsp3) is 0.400. The molecular weight excluding hydrogens is 450 g/mol. The molecule has 10 heteroatoms. The summed E-state index contributed by atoms with van der Waals surface area (Å²) in [7, 11) is 1.61. The number of carbonyl (C=O) groups excluding carboxylic acids is 1. The maximum absolute atomic E-state index is 12.6. The highest BCUT2D eigenvalue weighted by Gasteiger charge is 2.30. The molecule has 0 bridgehead atoms. The molecule has 35 heavy (non-hydrogen) atoms. The van der Waals surface area contributed by atoms with E-state index in [9.17, 15) is 14.7 Å². The largest absolute Gasteiger partial charge is 0.497 e. The maximum Gasteiger partial charge on any atom is 0.263 e. The number of methoxy groups -OCH3 is 1. The second kappa shape index (κ2) is 10.0. The molecule has 1 amide bonds. The summed E-state index contributed by atoms with van der Waals surface area (Å²) < 4.78 is 12.4. The summed E-state index contributed by atoms with van der Waals surface area (Å²) in [5, 5.41) is 17.6. The molecule has 2 aromatic heterocycles. The van der Waals surface area contributed by atoms with Gasteiger partial charge in [-0.2, -0.15) is 0 Å². The summed E-state index contributed by atoms with van der Waals surface area (Å²) >= 11 is 0. The number of ether oxygens (including phenoxy) is 2. The van der Waals surface area contributed by atoms with Crippen LogP contribution < -0.4 is 25.7 Å². The average Bonchev–Trinajstić information content (AvgIpc) is 3.21. The predicted octanol–water partition coefficient (Wildman–Crippen LogP) is 0.819. The van der Waals surface area contributed by atoms with Crippen LogP contribution >= 0.6 is 0 Å². The van der Waals surface area contributed by atoms with E-state index >= 15 is 0 Å². The quantitative estimate of drug-likeness (QED) is 0.435. The predicted molar refractivity (Wildman–Crippen MR) is 131 cm³/mol. The van der Waals surface area contributed by atoms with Gasteiger partial charge in [0.15, 0.2) is 18.2 Å². The normalized spacial score (nSPS) is 19.9. The van der Waals surface area contributed by atoms with Crippen LogP contribution in [0.1, 0.15) is 5.69 Å². The lowest BCUT2D eigenvalue weighted by Gasteiger charge is -2.19. The molecule has 0 aliphatic carbocycles. The van der Waals surface area contributed by atoms with Crippen LogP contribution in [0, 0.1) is 5.92 Å². The van der Waals surface area contributed by atoms with Crippen LogP contribution in [-0.4, -0.2) is 71.5 Å². The lowest BCUT2D eigenvalue weighted by Crippen LogP contribution is -2.31. The fourth-order valence-electron chi connectivity index (χ4n) is 4.68. The number of benzene rings is 1. The van der Waals surface area contributed by atoms with Gasteiger partial charge < -0.3 is 29.8 Å². The summed E-state index contributed by atoms with van der Waals surface area (Å²) in [6.07, 6.45) is -0.448. The first-order valence-corrected chi connectivity index (χ1v) is 11.7. The van der Waals surface area contributed by atoms with E-state index in [2.05, 4.69) is 20.5 Å². The van der Waals surface area contributed by atoms with Crippen LogP contribution in [-0.2, 0) is 17.9 Å². The standard InChI is InChI=1S/C25H29N5O5/c1-34-19-5-2-16-3-7-24(33)30(20(16)10-19)9-8-29-13-17(21(31)14-29)11-26-12-18-4-6-22-25(27-18)28-23(32)15-35-22/h2-7,10,17,21,26,31H,8-9,11-15H2,1H3,(H,27,28,32)/t17-,21+/m0/s1. The van der Waals surface area contributed by atoms with Crippen molar-refractivity contribution in [3.05, 3.63) is 58.5 Å². The molecule has 0 radical (unpaired) electrons. The lowest BCUT2D eigenvalue weighted by molar-refractivity contribution is -0.118. The Morgan fingerprint density at radius 3 is 2.89 bits per heavy atom. The number of aliphatic hydroxyl groups excluding tert-OH is 1. The molecule has 184 valence electrons. The number of rotatable bonds is 8. The molecule has 5 rings (SSSR count). The van der Waals surface area contributed by atoms with E-state index in [1.807, 2.05) is 30.3 Å². The first-order valence-electron chi connectivity index (χ1n) is 11.7. The first kappa shape index (κ1) is 23.3. The minimum Gasteiger partial charge on any atom is -0.497 e. The molecule has 2 aliphatic heterocycles. The van der Waals surface area contributed by atoms with E-state index < -0.39 is 6.10 Å². The van der Waals surface area contributed by atoms with E-state index in [0.29, 0.717) is 50.0 Å². The Morgan fingerprint density at radius 2 is 2.03 bits per heavy atom. The molecule has 0 spiro atoms. The number of carbonyl (C=O) groups is 1. The number of likely N-dealkylation sites (tertiary alicyclic amines) is 1. The number of hydrogen-bond acceptors (Lipinski definition) is 8. The Labute approximate surface area is 202 Å². The highest BCUT2D eigenvalue weighted by molar-refractivity contribution is 5.94. The molecule has 2 atom stereocenters. The van der Waals surface area contributed by atoms with Crippen LogP contribution in [0.2, 0.25) is 0 Å². The number of β-amino-alcohol motifs (C(OH)–C–C–N with tert-alkyl or cyclic N) is 1. The van der Waals surface area contributed by atoms with Gasteiger partial charge in [0.05, 0.1) is 24.4 Å². The van der Waals surface area contributed by atoms with Crippen LogP contribution in [0.3, 0.4) is 0 Å². The first-order chi connectivity index (χ1) is 17.0. The summed E-state index contributed by atoms with van der Waals surface area (Å²) in [6.45, 7) is 3.64. The van der Waals surface area contributed by atoms with Crippen LogP contribution in [0.25, 0.3) is 10.9 Å². The molecule has 0 saturated carbocycles. The van der Waals surface area contributed by atoms with Gasteiger partial charge in [-0.1, -0.05) is 0 Å². The number of aromatic nitrogens is 2. The molecule has 0 unspecified atom stereocenters. The minimum absolute atomic E-state index is 0.00562. The molecule has 4 heterocycles. The average molecular weight is 480 g/mol. The fourth-order valence-corrected chi connectivity index (χ4v) is 4.68. The van der Waals surface area contributed by atoms with E-state index in [-0.39, 0.29) is 24.0 Å². The Balaban J connectivity index is 1.16. The molecule has 3 aromatic rings. The van der Waals surface area contributed by atoms with Gasteiger partial charge in [0.1, 0.15) is 5.75 Å². The number of nitrogens with one attached hydrogen (secondary N) is 2. The van der Waals surface area contributed by atoms with Gasteiger partial charge in [-0.15, -0.1) is 0 Å². The number of nitrogens with zero attached hydrogens (tertiary/aromatic N) is 3. The number of amides is 1. The van der Waals surface area contributed by atoms with Crippen molar-refractivity contribution in [3.8, 4) is 11.5 Å². The highest BCUT2D eigenvalue weighted by Crippen LogP contribution is 2.25. The topological polar surface area (TPSA) is 118 Å². The van der Waals surface area contributed by atoms with Crippen LogP contribution in [0.4, 0.5) is 5.82 Å². The van der Waals surface area contributed by atoms with Crippen molar-refractivity contribution in [3.63, 3.8) is 0 Å². The minimum atomic E-state index is -0.448. The van der Waals surface area contributed by atoms with E-state index in [1.165, 1.54) is 0 Å². The molecule has 1 aromatic carbocycles. The van der Waals surface area contributed by atoms with Gasteiger partial charge >= 0.3 is 0 Å². The van der Waals surface area contributed by atoms with Gasteiger partial charge in [-0.25, -0.2) is 4.98 Å². The smallest absolute Gasteiger partial charge is 0.263 e. The zero-order valence-corrected chi connectivity index (χ0v) is 19.6. The number of pyridine rings is 2. The van der Waals surface area contributed by atoms with Crippen molar-refractivity contribution in [1.29, 1.82) is 0 Å². The summed E-state index contributed by atoms with van der Waals surface area (Å²) in [5.41, 5.74) is 1.57. The number of aliphatic hydroxyl groups is 1. The molecule has 1 fully saturated rings. The lowest BCUT2D eigenvalue weighted by atomic mass is 10.1. The second-order valence-corrected chi connectivity index (χ2v) is 8.95. The summed E-state index contributed by atoms with van der Waals surface area (Å²) in [6, 6.07) is 12.8. The van der Waals surface area contributed by atoms with Crippen molar-refractivity contribution in [2.24, 2.45) is 5.92 Å². The zero-order chi connectivity index (χ0) is 24.4. The Bertz CT molecular complexity index is 1290. The highest BCUT2D eigenvalue weighted by atomic mass is 16.5. The third-order valence-electron chi connectivity index (χ3n) is 6.57. The van der Waals surface area contributed by atoms with Gasteiger partial charge in [0, 0.05) is 57.3 Å². The Morgan fingerprint density at radius 1 is 1.17 bits per heavy atom. The van der Waals surface area contributed by atoms with Crippen LogP contribution in [0.15, 0.2) is 47.3 Å². The van der Waals surface area contributed by atoms with Gasteiger partial charge in [-0.05, 0) is 35.7 Å². The molecule has 2 aliphatic rings. The third-order valence-corrected chi connectivity index (χ3v) is 6.57. The molecular formula is C25H29N5O5. The maximum atomic E-state index is 12.6. The molecule has 3 N–H and O–H groups in total. The van der Waals surface area contributed by atoms with Crippen molar-refractivity contribution >= 4 is 22.6 Å². The monoisotopic (exact) mass is 479 g/mol. The van der Waals surface area contributed by atoms with Gasteiger partial charge in [0.25, 0.3) is 11.5 Å². The summed E-state index contributed by atoms with van der Waals surface area (Å²) in [4.78, 5) is 30.7. The van der Waals surface area contributed by atoms with Crippen molar-refractivity contribution in [2.45, 2.75) is 19.2 Å². The van der Waals surface area contributed by atoms with E-state index in [4.69, 9.17) is 9.47 Å². The van der Waals surface area contributed by atoms with Crippen molar-refractivity contribution in [2.75, 3.05) is 45.2 Å². The van der Waals surface area contributed by atoms with Crippen molar-refractivity contribution in [1.82, 2.24) is 19.8 Å². The SMILES string of the molecule is COc1ccc2ccc(=O)n(CCN3C[C@H](CNCc4ccc5c(n4)NC(=O)CO5)[C@H](O)C3)c2c1. The summed E-state index contributed by atoms with van der Waals surface area (Å²) in [5.74, 6) is 1.57. The van der Waals surface area contributed by atoms with E-state index in [1.54, 1.807) is 23.8 Å². The third kappa shape index (κ3) is 5.14. The Kier molecular flexibility index (Phi) is 6.67. The van der Waals surface area contributed by atoms with Crippen LogP contribution in [0.5, 0.6) is 11.5 Å². The molecule has 1 saturated heterocycles. The van der Waals surface area contributed by atoms with Gasteiger partial charge in [0.2, 0.25) is 0 Å². The zero-order valence-electron chi connectivity index (χ0n) is 19.6. The second-order valence-electron chi connectivity index (χ2n) is 8.95. The number of fused-ring (bicyclic) bond motifs is 2. The van der Waals surface area contributed by atoms with Gasteiger partial charge in [-0.3, -0.25) is 14.5 Å². The number of hydrogen-bond donors (Lipinski definition) is 3. The number of anilines is 1. The molecule has 10 nitrogen and oxygen atoms in total. The Hall–Kier alpha value is -3.47. The van der Waals surface area contributed by atoms with Crippen molar-refractivity contribution < 1.29 is 19.4 Å². The van der Waals surface area contributed by atoms with E-state index in [0.717, 1.165) is 23.1 Å².